The van der Waals surface area contributed by atoms with Gasteiger partial charge in [0.15, 0.2) is 0 Å². The van der Waals surface area contributed by atoms with Crippen LogP contribution < -0.4 is 5.73 Å². The summed E-state index contributed by atoms with van der Waals surface area (Å²) in [6.45, 7) is 12.5. The Morgan fingerprint density at radius 2 is 1.62 bits per heavy atom. The molecular formula is C15H32N. The molecule has 0 aromatic heterocycles. The molecule has 0 fully saturated rings. The quantitative estimate of drug-likeness (QED) is 0.612. The minimum atomic E-state index is 0.422. The third kappa shape index (κ3) is 5.34. The van der Waals surface area contributed by atoms with Gasteiger partial charge in [-0.3, -0.25) is 0 Å². The van der Waals surface area contributed by atoms with Crippen LogP contribution in [0.3, 0.4) is 0 Å². The summed E-state index contributed by atoms with van der Waals surface area (Å²) in [6.07, 6.45) is 7.60. The molecule has 0 amide bonds. The van der Waals surface area contributed by atoms with Crippen LogP contribution in [0.1, 0.15) is 73.1 Å². The fourth-order valence-corrected chi connectivity index (χ4v) is 2.74. The van der Waals surface area contributed by atoms with Crippen LogP contribution >= 0.6 is 0 Å². The van der Waals surface area contributed by atoms with Crippen LogP contribution in [0.25, 0.3) is 0 Å². The van der Waals surface area contributed by atoms with Gasteiger partial charge in [0.05, 0.1) is 0 Å². The van der Waals surface area contributed by atoms with Crippen LogP contribution in [0.5, 0.6) is 0 Å². The molecule has 1 atom stereocenters. The molecule has 0 aliphatic carbocycles. The van der Waals surface area contributed by atoms with Gasteiger partial charge in [0.25, 0.3) is 0 Å². The first-order valence-corrected chi connectivity index (χ1v) is 7.06. The summed E-state index contributed by atoms with van der Waals surface area (Å²) in [5.41, 5.74) is 6.07. The molecule has 97 valence electrons. The fraction of sp³-hybridized carbons (Fsp3) is 0.933. The van der Waals surface area contributed by atoms with Crippen LogP contribution in [-0.4, -0.2) is 6.54 Å². The van der Waals surface area contributed by atoms with Crippen LogP contribution in [0.15, 0.2) is 0 Å². The van der Waals surface area contributed by atoms with E-state index in [9.17, 15) is 0 Å². The molecule has 0 aromatic rings. The Morgan fingerprint density at radius 1 is 1.06 bits per heavy atom. The van der Waals surface area contributed by atoms with Gasteiger partial charge in [0.1, 0.15) is 0 Å². The van der Waals surface area contributed by atoms with Crippen molar-refractivity contribution in [2.75, 3.05) is 6.54 Å². The minimum absolute atomic E-state index is 0.422. The predicted molar refractivity (Wildman–Crippen MR) is 74.3 cm³/mol. The van der Waals surface area contributed by atoms with E-state index in [1.165, 1.54) is 38.5 Å². The standard InChI is InChI=1S/C15H32N/c1-6-13(10-12-16)9-11-15(4,5)14(7-2)8-3/h13H,6-12,16H2,1-5H3. The Bertz CT molecular complexity index is 159. The summed E-state index contributed by atoms with van der Waals surface area (Å²) in [4.78, 5) is 0. The van der Waals surface area contributed by atoms with Gasteiger partial charge in [0, 0.05) is 0 Å². The molecule has 2 N–H and O–H groups in total. The lowest BCUT2D eigenvalue weighted by atomic mass is 9.71. The van der Waals surface area contributed by atoms with E-state index in [-0.39, 0.29) is 0 Å². The van der Waals surface area contributed by atoms with E-state index in [1.54, 1.807) is 5.92 Å². The monoisotopic (exact) mass is 226 g/mol. The summed E-state index contributed by atoms with van der Waals surface area (Å²) in [5, 5.41) is 0. The Hall–Kier alpha value is -0.0400. The van der Waals surface area contributed by atoms with Crippen molar-refractivity contribution >= 4 is 0 Å². The van der Waals surface area contributed by atoms with Crippen molar-refractivity contribution in [1.82, 2.24) is 0 Å². The Labute approximate surface area is 103 Å². The molecule has 1 heteroatoms. The predicted octanol–water partition coefficient (Wildman–Crippen LogP) is 4.56. The second kappa shape index (κ2) is 8.11. The molecule has 0 aliphatic heterocycles. The highest BCUT2D eigenvalue weighted by Gasteiger charge is 2.27. The summed E-state index contributed by atoms with van der Waals surface area (Å²) in [6, 6.07) is 0. The second-order valence-electron chi connectivity index (χ2n) is 5.58. The van der Waals surface area contributed by atoms with Gasteiger partial charge in [-0.25, -0.2) is 0 Å². The summed E-state index contributed by atoms with van der Waals surface area (Å²) in [7, 11) is 0. The molecule has 0 bridgehead atoms. The number of nitrogens with two attached hydrogens (primary N) is 1. The molecule has 1 radical (unpaired) electrons. The van der Waals surface area contributed by atoms with Crippen molar-refractivity contribution in [3.63, 3.8) is 0 Å². The number of hydrogen-bond donors (Lipinski definition) is 1. The minimum Gasteiger partial charge on any atom is -0.330 e. The molecule has 0 saturated heterocycles. The average molecular weight is 226 g/mol. The molecule has 16 heavy (non-hydrogen) atoms. The fourth-order valence-electron chi connectivity index (χ4n) is 2.74. The zero-order chi connectivity index (χ0) is 12.6. The van der Waals surface area contributed by atoms with E-state index in [4.69, 9.17) is 5.73 Å². The van der Waals surface area contributed by atoms with Crippen molar-refractivity contribution in [2.24, 2.45) is 17.1 Å². The number of rotatable bonds is 9. The first kappa shape index (κ1) is 16.0. The van der Waals surface area contributed by atoms with Crippen molar-refractivity contribution in [2.45, 2.75) is 73.1 Å². The van der Waals surface area contributed by atoms with Gasteiger partial charge >= 0.3 is 0 Å². The van der Waals surface area contributed by atoms with E-state index in [0.717, 1.165) is 12.5 Å². The van der Waals surface area contributed by atoms with Crippen molar-refractivity contribution in [1.29, 1.82) is 0 Å². The van der Waals surface area contributed by atoms with E-state index in [0.29, 0.717) is 5.41 Å². The summed E-state index contributed by atoms with van der Waals surface area (Å²) >= 11 is 0. The smallest absolute Gasteiger partial charge is 0.00746 e. The molecule has 0 aliphatic rings. The normalized spacial score (nSPS) is 14.4. The van der Waals surface area contributed by atoms with Crippen molar-refractivity contribution < 1.29 is 0 Å². The van der Waals surface area contributed by atoms with Crippen LogP contribution in [0.2, 0.25) is 0 Å². The van der Waals surface area contributed by atoms with Crippen LogP contribution in [-0.2, 0) is 0 Å². The lowest BCUT2D eigenvalue weighted by Crippen LogP contribution is -2.22. The van der Waals surface area contributed by atoms with E-state index < -0.39 is 0 Å². The topological polar surface area (TPSA) is 26.0 Å². The first-order valence-electron chi connectivity index (χ1n) is 7.06. The SMILES string of the molecule is CC[C](CC)C(C)(C)CCC(CC)CCN. The highest BCUT2D eigenvalue weighted by atomic mass is 14.5. The Kier molecular flexibility index (Phi) is 8.09. The van der Waals surface area contributed by atoms with Gasteiger partial charge in [-0.15, -0.1) is 0 Å². The second-order valence-corrected chi connectivity index (χ2v) is 5.58. The summed E-state index contributed by atoms with van der Waals surface area (Å²) in [5.74, 6) is 2.55. The molecule has 1 unspecified atom stereocenters. The Balaban J connectivity index is 4.13. The maximum absolute atomic E-state index is 5.65. The van der Waals surface area contributed by atoms with Crippen LogP contribution in [0, 0.1) is 17.3 Å². The van der Waals surface area contributed by atoms with Crippen LogP contribution in [0.4, 0.5) is 0 Å². The van der Waals surface area contributed by atoms with Gasteiger partial charge in [-0.05, 0) is 55.9 Å². The zero-order valence-electron chi connectivity index (χ0n) is 12.1. The molecular weight excluding hydrogens is 194 g/mol. The van der Waals surface area contributed by atoms with Gasteiger partial charge in [-0.2, -0.15) is 0 Å². The lowest BCUT2D eigenvalue weighted by Gasteiger charge is -2.34. The van der Waals surface area contributed by atoms with E-state index in [2.05, 4.69) is 34.6 Å². The Morgan fingerprint density at radius 3 is 2.00 bits per heavy atom. The molecule has 0 saturated carbocycles. The van der Waals surface area contributed by atoms with Crippen molar-refractivity contribution in [3.05, 3.63) is 5.92 Å². The first-order chi connectivity index (χ1) is 7.51. The largest absolute Gasteiger partial charge is 0.330 e. The van der Waals surface area contributed by atoms with Gasteiger partial charge in [-0.1, -0.05) is 41.0 Å². The average Bonchev–Trinajstić information content (AvgIpc) is 2.25. The van der Waals surface area contributed by atoms with E-state index in [1.807, 2.05) is 0 Å². The maximum atomic E-state index is 5.65. The third-order valence-electron chi connectivity index (χ3n) is 4.14. The molecule has 0 rings (SSSR count). The van der Waals surface area contributed by atoms with E-state index >= 15 is 0 Å². The zero-order valence-corrected chi connectivity index (χ0v) is 12.1. The highest BCUT2D eigenvalue weighted by Crippen LogP contribution is 2.39. The highest BCUT2D eigenvalue weighted by molar-refractivity contribution is 5.00. The summed E-state index contributed by atoms with van der Waals surface area (Å²) < 4.78 is 0. The van der Waals surface area contributed by atoms with Gasteiger partial charge in [0.2, 0.25) is 0 Å². The molecule has 0 heterocycles. The van der Waals surface area contributed by atoms with Crippen molar-refractivity contribution in [3.8, 4) is 0 Å². The molecule has 0 spiro atoms. The third-order valence-corrected chi connectivity index (χ3v) is 4.14. The molecule has 1 nitrogen and oxygen atoms in total. The maximum Gasteiger partial charge on any atom is -0.00746 e. The van der Waals surface area contributed by atoms with Gasteiger partial charge < -0.3 is 5.73 Å². The molecule has 0 aromatic carbocycles. The number of hydrogen-bond acceptors (Lipinski definition) is 1. The lowest BCUT2D eigenvalue weighted by molar-refractivity contribution is 0.281.